The zero-order valence-corrected chi connectivity index (χ0v) is 12.5. The summed E-state index contributed by atoms with van der Waals surface area (Å²) in [5.41, 5.74) is 1.08. The van der Waals surface area contributed by atoms with Crippen LogP contribution in [0.1, 0.15) is 37.7 Å². The molecule has 1 aromatic rings. The Labute approximate surface area is 124 Å². The first-order valence-corrected chi connectivity index (χ1v) is 8.74. The van der Waals surface area contributed by atoms with Crippen LogP contribution >= 0.6 is 0 Å². The minimum Gasteiger partial charge on any atom is -0.326 e. The van der Waals surface area contributed by atoms with E-state index < -0.39 is 9.84 Å². The van der Waals surface area contributed by atoms with E-state index in [1.54, 1.807) is 24.3 Å². The first-order chi connectivity index (χ1) is 10.0. The van der Waals surface area contributed by atoms with Crippen LogP contribution in [0.2, 0.25) is 0 Å². The zero-order chi connectivity index (χ0) is 15.3. The van der Waals surface area contributed by atoms with Crippen LogP contribution in [0.4, 0.5) is 5.69 Å². The van der Waals surface area contributed by atoms with Gasteiger partial charge < -0.3 is 5.32 Å². The molecular weight excluding hydrogens is 288 g/mol. The quantitative estimate of drug-likeness (QED) is 0.903. The van der Waals surface area contributed by atoms with Gasteiger partial charge in [-0.25, -0.2) is 8.42 Å². The van der Waals surface area contributed by atoms with Crippen LogP contribution in [-0.2, 0) is 14.6 Å². The van der Waals surface area contributed by atoms with E-state index in [1.807, 2.05) is 6.07 Å². The average molecular weight is 306 g/mol. The van der Waals surface area contributed by atoms with Crippen molar-refractivity contribution < 1.29 is 13.2 Å². The Balaban J connectivity index is 1.85. The Bertz CT molecular complexity index is 638. The second-order valence-electron chi connectivity index (χ2n) is 5.26. The standard InChI is InChI=1S/C15H18N2O3S/c16-11-12-5-7-13(8-6-12)17-15(18)9-10-21(19,20)14-3-1-2-4-14/h5-8,14H,1-4,9-10H2,(H,17,18). The fraction of sp³-hybridized carbons (Fsp3) is 0.467. The van der Waals surface area contributed by atoms with Gasteiger partial charge in [0.05, 0.1) is 22.6 Å². The molecule has 1 fully saturated rings. The van der Waals surface area contributed by atoms with E-state index in [4.69, 9.17) is 5.26 Å². The molecule has 0 aromatic heterocycles. The predicted octanol–water partition coefficient (Wildman–Crippen LogP) is 2.24. The third-order valence-corrected chi connectivity index (χ3v) is 5.98. The van der Waals surface area contributed by atoms with E-state index in [0.29, 0.717) is 11.3 Å². The van der Waals surface area contributed by atoms with Gasteiger partial charge in [-0.3, -0.25) is 4.79 Å². The molecule has 6 heteroatoms. The topological polar surface area (TPSA) is 87.0 Å². The van der Waals surface area contributed by atoms with Gasteiger partial charge in [-0.1, -0.05) is 12.8 Å². The molecule has 112 valence electrons. The first-order valence-electron chi connectivity index (χ1n) is 7.03. The number of rotatable bonds is 5. The molecule has 5 nitrogen and oxygen atoms in total. The number of benzene rings is 1. The van der Waals surface area contributed by atoms with Crippen molar-refractivity contribution in [3.05, 3.63) is 29.8 Å². The second-order valence-corrected chi connectivity index (χ2v) is 7.66. The molecule has 0 spiro atoms. The van der Waals surface area contributed by atoms with E-state index in [9.17, 15) is 13.2 Å². The Hall–Kier alpha value is -1.87. The average Bonchev–Trinajstić information content (AvgIpc) is 3.01. The molecule has 21 heavy (non-hydrogen) atoms. The van der Waals surface area contributed by atoms with Crippen molar-refractivity contribution in [2.45, 2.75) is 37.4 Å². The minimum atomic E-state index is -3.16. The van der Waals surface area contributed by atoms with Crippen molar-refractivity contribution >= 4 is 21.4 Å². The van der Waals surface area contributed by atoms with Gasteiger partial charge in [-0.05, 0) is 37.1 Å². The number of anilines is 1. The van der Waals surface area contributed by atoms with E-state index in [1.165, 1.54) is 0 Å². The summed E-state index contributed by atoms with van der Waals surface area (Å²) >= 11 is 0. The van der Waals surface area contributed by atoms with E-state index >= 15 is 0 Å². The Morgan fingerprint density at radius 2 is 1.86 bits per heavy atom. The van der Waals surface area contributed by atoms with Crippen molar-refractivity contribution in [3.8, 4) is 6.07 Å². The van der Waals surface area contributed by atoms with Crippen molar-refractivity contribution in [1.29, 1.82) is 5.26 Å². The maximum absolute atomic E-state index is 12.1. The number of nitrogens with one attached hydrogen (secondary N) is 1. The molecule has 0 atom stereocenters. The fourth-order valence-corrected chi connectivity index (χ4v) is 4.36. The van der Waals surface area contributed by atoms with Crippen molar-refractivity contribution in [2.75, 3.05) is 11.1 Å². The lowest BCUT2D eigenvalue weighted by molar-refractivity contribution is -0.115. The number of nitriles is 1. The molecule has 1 saturated carbocycles. The summed E-state index contributed by atoms with van der Waals surface area (Å²) < 4.78 is 24.1. The molecule has 0 heterocycles. The van der Waals surface area contributed by atoms with E-state index in [0.717, 1.165) is 25.7 Å². The van der Waals surface area contributed by atoms with Crippen LogP contribution in [-0.4, -0.2) is 25.3 Å². The molecule has 0 aliphatic heterocycles. The number of amides is 1. The van der Waals surface area contributed by atoms with Gasteiger partial charge >= 0.3 is 0 Å². The van der Waals surface area contributed by atoms with Gasteiger partial charge in [-0.15, -0.1) is 0 Å². The third kappa shape index (κ3) is 4.30. The lowest BCUT2D eigenvalue weighted by Crippen LogP contribution is -2.24. The Kier molecular flexibility index (Phi) is 4.97. The maximum Gasteiger partial charge on any atom is 0.225 e. The van der Waals surface area contributed by atoms with Gasteiger partial charge in [0.1, 0.15) is 0 Å². The van der Waals surface area contributed by atoms with Crippen LogP contribution in [0, 0.1) is 11.3 Å². The Morgan fingerprint density at radius 1 is 1.24 bits per heavy atom. The van der Waals surface area contributed by atoms with Gasteiger partial charge in [0, 0.05) is 12.1 Å². The van der Waals surface area contributed by atoms with Crippen LogP contribution in [0.3, 0.4) is 0 Å². The summed E-state index contributed by atoms with van der Waals surface area (Å²) in [5.74, 6) is -0.416. The van der Waals surface area contributed by atoms with Crippen molar-refractivity contribution in [2.24, 2.45) is 0 Å². The second kappa shape index (κ2) is 6.72. The normalized spacial score (nSPS) is 15.6. The molecular formula is C15H18N2O3S. The molecule has 1 aromatic carbocycles. The zero-order valence-electron chi connectivity index (χ0n) is 11.7. The molecule has 2 rings (SSSR count). The highest BCUT2D eigenvalue weighted by molar-refractivity contribution is 7.92. The highest BCUT2D eigenvalue weighted by Gasteiger charge is 2.28. The highest BCUT2D eigenvalue weighted by Crippen LogP contribution is 2.25. The van der Waals surface area contributed by atoms with Crippen LogP contribution in [0.25, 0.3) is 0 Å². The van der Waals surface area contributed by atoms with Crippen LogP contribution in [0.5, 0.6) is 0 Å². The van der Waals surface area contributed by atoms with Gasteiger partial charge in [0.25, 0.3) is 0 Å². The summed E-state index contributed by atoms with van der Waals surface area (Å²) in [6, 6.07) is 8.45. The Morgan fingerprint density at radius 3 is 2.43 bits per heavy atom. The fourth-order valence-electron chi connectivity index (χ4n) is 2.50. The van der Waals surface area contributed by atoms with Crippen LogP contribution in [0.15, 0.2) is 24.3 Å². The number of hydrogen-bond donors (Lipinski definition) is 1. The number of carbonyl (C=O) groups is 1. The third-order valence-electron chi connectivity index (χ3n) is 3.72. The van der Waals surface area contributed by atoms with E-state index in [2.05, 4.69) is 5.32 Å². The number of hydrogen-bond acceptors (Lipinski definition) is 4. The summed E-state index contributed by atoms with van der Waals surface area (Å²) in [7, 11) is -3.16. The number of nitrogens with zero attached hydrogens (tertiary/aromatic N) is 1. The molecule has 0 radical (unpaired) electrons. The van der Waals surface area contributed by atoms with Gasteiger partial charge in [-0.2, -0.15) is 5.26 Å². The highest BCUT2D eigenvalue weighted by atomic mass is 32.2. The van der Waals surface area contributed by atoms with Crippen molar-refractivity contribution in [3.63, 3.8) is 0 Å². The van der Waals surface area contributed by atoms with Gasteiger partial charge in [0.15, 0.2) is 9.84 Å². The summed E-state index contributed by atoms with van der Waals surface area (Å²) in [4.78, 5) is 11.8. The number of carbonyl (C=O) groups excluding carboxylic acids is 1. The molecule has 1 amide bonds. The van der Waals surface area contributed by atoms with Gasteiger partial charge in [0.2, 0.25) is 5.91 Å². The largest absolute Gasteiger partial charge is 0.326 e. The molecule has 0 saturated heterocycles. The lowest BCUT2D eigenvalue weighted by Gasteiger charge is -2.11. The van der Waals surface area contributed by atoms with Crippen LogP contribution < -0.4 is 5.32 Å². The maximum atomic E-state index is 12.1. The molecule has 0 bridgehead atoms. The molecule has 0 unspecified atom stereocenters. The first kappa shape index (κ1) is 15.5. The number of sulfone groups is 1. The van der Waals surface area contributed by atoms with E-state index in [-0.39, 0.29) is 23.3 Å². The monoisotopic (exact) mass is 306 g/mol. The lowest BCUT2D eigenvalue weighted by atomic mass is 10.2. The summed E-state index contributed by atoms with van der Waals surface area (Å²) in [6.07, 6.45) is 3.33. The predicted molar refractivity (Wildman–Crippen MR) is 80.4 cm³/mol. The summed E-state index contributed by atoms with van der Waals surface area (Å²) in [5, 5.41) is 11.1. The molecule has 1 N–H and O–H groups in total. The molecule has 1 aliphatic carbocycles. The summed E-state index contributed by atoms with van der Waals surface area (Å²) in [6.45, 7) is 0. The molecule has 1 aliphatic rings. The smallest absolute Gasteiger partial charge is 0.225 e. The SMILES string of the molecule is N#Cc1ccc(NC(=O)CCS(=O)(=O)C2CCCC2)cc1. The minimum absolute atomic E-state index is 0.0289. The van der Waals surface area contributed by atoms with Crippen molar-refractivity contribution in [1.82, 2.24) is 0 Å².